The summed E-state index contributed by atoms with van der Waals surface area (Å²) in [6, 6.07) is 16.6. The number of aromatic amines is 1. The Morgan fingerprint density at radius 1 is 1.14 bits per heavy atom. The molecule has 2 heterocycles. The first-order chi connectivity index (χ1) is 17.0. The van der Waals surface area contributed by atoms with Gasteiger partial charge in [0.2, 0.25) is 0 Å². The second-order valence-electron chi connectivity index (χ2n) is 9.36. The molecule has 1 fully saturated rings. The molecule has 0 atom stereocenters. The van der Waals surface area contributed by atoms with E-state index in [-0.39, 0.29) is 5.56 Å². The summed E-state index contributed by atoms with van der Waals surface area (Å²) in [6.45, 7) is 10.7. The minimum Gasteiger partial charge on any atom is -0.379 e. The van der Waals surface area contributed by atoms with Crippen molar-refractivity contribution in [2.75, 3.05) is 45.9 Å². The van der Waals surface area contributed by atoms with Crippen molar-refractivity contribution in [3.05, 3.63) is 81.1 Å². The molecule has 0 radical (unpaired) electrons. The van der Waals surface area contributed by atoms with Gasteiger partial charge in [0.1, 0.15) is 0 Å². The van der Waals surface area contributed by atoms with E-state index in [9.17, 15) is 4.79 Å². The molecule has 0 amide bonds. The lowest BCUT2D eigenvalue weighted by molar-refractivity contribution is 0.0367. The molecule has 186 valence electrons. The lowest BCUT2D eigenvalue weighted by Crippen LogP contribution is -2.43. The minimum absolute atomic E-state index is 0.0484. The molecule has 1 aromatic heterocycles. The molecular formula is C28H36N4O2S. The van der Waals surface area contributed by atoms with Crippen LogP contribution in [-0.4, -0.2) is 65.8 Å². The Morgan fingerprint density at radius 3 is 2.69 bits per heavy atom. The largest absolute Gasteiger partial charge is 0.379 e. The van der Waals surface area contributed by atoms with Crippen LogP contribution in [0.15, 0.2) is 53.3 Å². The highest BCUT2D eigenvalue weighted by Crippen LogP contribution is 2.19. The zero-order chi connectivity index (χ0) is 24.6. The third-order valence-electron chi connectivity index (χ3n) is 6.58. The summed E-state index contributed by atoms with van der Waals surface area (Å²) in [5.41, 5.74) is 5.17. The summed E-state index contributed by atoms with van der Waals surface area (Å²) in [5.74, 6) is 0. The molecule has 0 unspecified atom stereocenters. The van der Waals surface area contributed by atoms with Gasteiger partial charge in [0, 0.05) is 49.2 Å². The van der Waals surface area contributed by atoms with Crippen molar-refractivity contribution in [3.8, 4) is 0 Å². The number of fused-ring (bicyclic) bond motifs is 1. The van der Waals surface area contributed by atoms with Crippen LogP contribution in [0.4, 0.5) is 0 Å². The number of thiocarbonyl (C=S) groups is 1. The average Bonchev–Trinajstić information content (AvgIpc) is 2.85. The van der Waals surface area contributed by atoms with Crippen LogP contribution >= 0.6 is 12.2 Å². The van der Waals surface area contributed by atoms with Crippen LogP contribution in [0.1, 0.15) is 28.7 Å². The first kappa shape index (κ1) is 25.4. The van der Waals surface area contributed by atoms with Crippen molar-refractivity contribution in [2.24, 2.45) is 0 Å². The number of nitrogens with zero attached hydrogens (tertiary/aromatic N) is 2. The van der Waals surface area contributed by atoms with Gasteiger partial charge in [-0.05, 0) is 67.7 Å². The summed E-state index contributed by atoms with van der Waals surface area (Å²) in [6.07, 6.45) is 1.88. The fourth-order valence-electron chi connectivity index (χ4n) is 4.67. The zero-order valence-corrected chi connectivity index (χ0v) is 21.6. The van der Waals surface area contributed by atoms with Crippen LogP contribution < -0.4 is 10.9 Å². The van der Waals surface area contributed by atoms with E-state index in [1.54, 1.807) is 0 Å². The molecule has 4 rings (SSSR count). The summed E-state index contributed by atoms with van der Waals surface area (Å²) >= 11 is 5.81. The third-order valence-corrected chi connectivity index (χ3v) is 6.98. The number of benzene rings is 2. The summed E-state index contributed by atoms with van der Waals surface area (Å²) in [5, 5.41) is 5.21. The van der Waals surface area contributed by atoms with Gasteiger partial charge in [-0.15, -0.1) is 0 Å². The molecule has 3 aromatic rings. The van der Waals surface area contributed by atoms with E-state index in [0.29, 0.717) is 11.7 Å². The van der Waals surface area contributed by atoms with Crippen molar-refractivity contribution < 1.29 is 4.74 Å². The van der Waals surface area contributed by atoms with Crippen LogP contribution in [-0.2, 0) is 17.7 Å². The molecule has 0 aliphatic carbocycles. The molecule has 2 aromatic carbocycles. The van der Waals surface area contributed by atoms with Crippen LogP contribution in [0.2, 0.25) is 0 Å². The van der Waals surface area contributed by atoms with Gasteiger partial charge in [0.25, 0.3) is 5.56 Å². The fourth-order valence-corrected chi connectivity index (χ4v) is 4.93. The van der Waals surface area contributed by atoms with Gasteiger partial charge in [0.15, 0.2) is 5.11 Å². The van der Waals surface area contributed by atoms with Gasteiger partial charge in [-0.25, -0.2) is 0 Å². The highest BCUT2D eigenvalue weighted by Gasteiger charge is 2.16. The summed E-state index contributed by atoms with van der Waals surface area (Å²) in [4.78, 5) is 20.6. The van der Waals surface area contributed by atoms with Crippen molar-refractivity contribution >= 4 is 28.2 Å². The highest BCUT2D eigenvalue weighted by atomic mass is 32.1. The highest BCUT2D eigenvalue weighted by molar-refractivity contribution is 7.80. The number of nitrogens with one attached hydrogen (secondary N) is 2. The van der Waals surface area contributed by atoms with Crippen molar-refractivity contribution in [1.29, 1.82) is 0 Å². The normalized spacial score (nSPS) is 14.2. The fraction of sp³-hybridized carbons (Fsp3) is 0.429. The van der Waals surface area contributed by atoms with Crippen molar-refractivity contribution in [1.82, 2.24) is 20.1 Å². The maximum Gasteiger partial charge on any atom is 0.253 e. The van der Waals surface area contributed by atoms with E-state index in [1.165, 1.54) is 11.1 Å². The SMILES string of the molecule is Cc1cc(C)c2cc(CN(CCCN3CCOCC3)C(=S)NCCc3ccccc3)c(=O)[nH]c2c1. The second kappa shape index (κ2) is 12.3. The Bertz CT molecular complexity index is 1190. The average molecular weight is 493 g/mol. The van der Waals surface area contributed by atoms with E-state index in [4.69, 9.17) is 17.0 Å². The number of aromatic nitrogens is 1. The molecule has 35 heavy (non-hydrogen) atoms. The predicted octanol–water partition coefficient (Wildman–Crippen LogP) is 3.79. The molecule has 1 aliphatic rings. The molecule has 1 aliphatic heterocycles. The van der Waals surface area contributed by atoms with Crippen LogP contribution in [0, 0.1) is 13.8 Å². The van der Waals surface area contributed by atoms with Crippen LogP contribution in [0.25, 0.3) is 10.9 Å². The van der Waals surface area contributed by atoms with Gasteiger partial charge in [-0.2, -0.15) is 0 Å². The maximum atomic E-state index is 13.0. The summed E-state index contributed by atoms with van der Waals surface area (Å²) < 4.78 is 5.47. The van der Waals surface area contributed by atoms with Crippen molar-refractivity contribution in [2.45, 2.75) is 33.2 Å². The van der Waals surface area contributed by atoms with E-state index in [2.05, 4.69) is 64.3 Å². The number of morpholine rings is 1. The molecule has 7 heteroatoms. The van der Waals surface area contributed by atoms with E-state index in [1.807, 2.05) is 18.2 Å². The Balaban J connectivity index is 1.46. The van der Waals surface area contributed by atoms with E-state index < -0.39 is 0 Å². The van der Waals surface area contributed by atoms with Gasteiger partial charge in [0.05, 0.1) is 19.8 Å². The van der Waals surface area contributed by atoms with Gasteiger partial charge >= 0.3 is 0 Å². The van der Waals surface area contributed by atoms with Gasteiger partial charge in [-0.3, -0.25) is 9.69 Å². The van der Waals surface area contributed by atoms with E-state index >= 15 is 0 Å². The first-order valence-electron chi connectivity index (χ1n) is 12.5. The molecule has 0 saturated carbocycles. The molecular weight excluding hydrogens is 456 g/mol. The standard InChI is InChI=1S/C28H36N4O2S/c1-21-17-22(2)25-19-24(27(33)30-26(25)18-21)20-32(12-6-11-31-13-15-34-16-14-31)28(35)29-10-9-23-7-4-3-5-8-23/h3-5,7-8,17-19H,6,9-16,20H2,1-2H3,(H,29,35)(H,30,33). The number of hydrogen-bond donors (Lipinski definition) is 2. The van der Waals surface area contributed by atoms with Crippen LogP contribution in [0.3, 0.4) is 0 Å². The number of pyridine rings is 1. The molecule has 0 bridgehead atoms. The Kier molecular flexibility index (Phi) is 8.90. The second-order valence-corrected chi connectivity index (χ2v) is 9.75. The number of aryl methyl sites for hydroxylation is 2. The zero-order valence-electron chi connectivity index (χ0n) is 20.8. The number of H-pyrrole nitrogens is 1. The maximum absolute atomic E-state index is 13.0. The third kappa shape index (κ3) is 7.13. The Labute approximate surface area is 213 Å². The van der Waals surface area contributed by atoms with Gasteiger partial charge in [-0.1, -0.05) is 36.4 Å². The Hall–Kier alpha value is -2.74. The Morgan fingerprint density at radius 2 is 1.91 bits per heavy atom. The quantitative estimate of drug-likeness (QED) is 0.444. The van der Waals surface area contributed by atoms with Gasteiger partial charge < -0.3 is 19.9 Å². The topological polar surface area (TPSA) is 60.6 Å². The van der Waals surface area contributed by atoms with Crippen molar-refractivity contribution in [3.63, 3.8) is 0 Å². The lowest BCUT2D eigenvalue weighted by atomic mass is 10.0. The molecule has 2 N–H and O–H groups in total. The number of hydrogen-bond acceptors (Lipinski definition) is 4. The lowest BCUT2D eigenvalue weighted by Gasteiger charge is -2.29. The first-order valence-corrected chi connectivity index (χ1v) is 12.9. The number of ether oxygens (including phenoxy) is 1. The molecule has 0 spiro atoms. The number of rotatable bonds is 9. The predicted molar refractivity (Wildman–Crippen MR) is 147 cm³/mol. The monoisotopic (exact) mass is 492 g/mol. The van der Waals surface area contributed by atoms with Crippen LogP contribution in [0.5, 0.6) is 0 Å². The molecule has 1 saturated heterocycles. The van der Waals surface area contributed by atoms with E-state index in [0.717, 1.165) is 80.8 Å². The summed E-state index contributed by atoms with van der Waals surface area (Å²) in [7, 11) is 0. The molecule has 6 nitrogen and oxygen atoms in total. The minimum atomic E-state index is -0.0484. The smallest absolute Gasteiger partial charge is 0.253 e.